The lowest BCUT2D eigenvalue weighted by atomic mass is 9.91. The number of fused-ring (bicyclic) bond motifs is 1. The van der Waals surface area contributed by atoms with Crippen molar-refractivity contribution in [3.8, 4) is 22.5 Å². The van der Waals surface area contributed by atoms with E-state index in [4.69, 9.17) is 16.5 Å². The maximum absolute atomic E-state index is 11.9. The average molecular weight is 429 g/mol. The van der Waals surface area contributed by atoms with Crippen LogP contribution < -0.4 is 11.5 Å². The number of likely N-dealkylation sites (tertiary alicyclic amines) is 1. The van der Waals surface area contributed by atoms with Gasteiger partial charge in [0.2, 0.25) is 0 Å². The smallest absolute Gasteiger partial charge is 0.165 e. The van der Waals surface area contributed by atoms with E-state index >= 15 is 0 Å². The third-order valence-electron chi connectivity index (χ3n) is 6.00. The standard InChI is InChI=1S/C22H23N9O/c23-13-30-7-3-14(4-8-30)20-17(12-32)21(24)31-22(29-20)16(10-28-31)15-1-2-18(27-9-15)19-11-25-5-6-26-19/h1-2,5-6,9-12,14H,3-4,7-8,13,23-24H2. The fourth-order valence-electron chi connectivity index (χ4n) is 4.21. The van der Waals surface area contributed by atoms with Crippen molar-refractivity contribution in [3.63, 3.8) is 0 Å². The molecule has 0 unspecified atom stereocenters. The van der Waals surface area contributed by atoms with Crippen molar-refractivity contribution in [2.75, 3.05) is 25.5 Å². The number of nitrogens with zero attached hydrogens (tertiary/aromatic N) is 7. The zero-order chi connectivity index (χ0) is 22.1. The fourth-order valence-corrected chi connectivity index (χ4v) is 4.21. The largest absolute Gasteiger partial charge is 0.383 e. The lowest BCUT2D eigenvalue weighted by Crippen LogP contribution is -2.37. The van der Waals surface area contributed by atoms with E-state index in [9.17, 15) is 4.79 Å². The van der Waals surface area contributed by atoms with Crippen LogP contribution in [0.3, 0.4) is 0 Å². The molecule has 0 saturated carbocycles. The number of hydrogen-bond donors (Lipinski definition) is 2. The summed E-state index contributed by atoms with van der Waals surface area (Å²) >= 11 is 0. The Morgan fingerprint density at radius 1 is 1.06 bits per heavy atom. The van der Waals surface area contributed by atoms with Crippen molar-refractivity contribution in [2.24, 2.45) is 5.73 Å². The number of aromatic nitrogens is 6. The van der Waals surface area contributed by atoms with E-state index in [1.807, 2.05) is 12.1 Å². The summed E-state index contributed by atoms with van der Waals surface area (Å²) in [5, 5.41) is 4.39. The molecule has 0 aromatic carbocycles. The number of hydrogen-bond acceptors (Lipinski definition) is 9. The summed E-state index contributed by atoms with van der Waals surface area (Å²) in [4.78, 5) is 31.9. The molecule has 162 valence electrons. The molecule has 0 amide bonds. The molecular weight excluding hydrogens is 406 g/mol. The number of carbonyl (C=O) groups is 1. The number of nitrogen functional groups attached to an aromatic ring is 1. The first kappa shape index (κ1) is 20.2. The topological polar surface area (TPSA) is 141 Å². The van der Waals surface area contributed by atoms with Crippen LogP contribution in [0.25, 0.3) is 28.2 Å². The molecule has 0 atom stereocenters. The maximum Gasteiger partial charge on any atom is 0.165 e. The summed E-state index contributed by atoms with van der Waals surface area (Å²) in [5.41, 5.74) is 16.9. The van der Waals surface area contributed by atoms with Gasteiger partial charge in [0.15, 0.2) is 11.9 Å². The van der Waals surface area contributed by atoms with E-state index in [1.165, 1.54) is 4.52 Å². The Hall–Kier alpha value is -3.76. The summed E-state index contributed by atoms with van der Waals surface area (Å²) < 4.78 is 1.52. The van der Waals surface area contributed by atoms with Crippen molar-refractivity contribution in [1.82, 2.24) is 34.4 Å². The Morgan fingerprint density at radius 3 is 2.56 bits per heavy atom. The van der Waals surface area contributed by atoms with Crippen LogP contribution in [-0.2, 0) is 0 Å². The van der Waals surface area contributed by atoms with Gasteiger partial charge in [-0.15, -0.1) is 0 Å². The van der Waals surface area contributed by atoms with E-state index in [-0.39, 0.29) is 5.92 Å². The van der Waals surface area contributed by atoms with Gasteiger partial charge in [-0.1, -0.05) is 6.07 Å². The number of aldehydes is 1. The molecule has 0 aliphatic carbocycles. The number of anilines is 1. The van der Waals surface area contributed by atoms with Crippen LogP contribution in [0.2, 0.25) is 0 Å². The number of piperidine rings is 1. The van der Waals surface area contributed by atoms with E-state index < -0.39 is 0 Å². The predicted molar refractivity (Wildman–Crippen MR) is 120 cm³/mol. The highest BCUT2D eigenvalue weighted by Gasteiger charge is 2.26. The number of carbonyl (C=O) groups excluding carboxylic acids is 1. The molecule has 10 nitrogen and oxygen atoms in total. The lowest BCUT2D eigenvalue weighted by molar-refractivity contribution is 0.112. The average Bonchev–Trinajstić information content (AvgIpc) is 3.29. The third-order valence-corrected chi connectivity index (χ3v) is 6.00. The highest BCUT2D eigenvalue weighted by Crippen LogP contribution is 2.33. The van der Waals surface area contributed by atoms with Crippen LogP contribution in [0.15, 0.2) is 43.1 Å². The molecule has 1 saturated heterocycles. The van der Waals surface area contributed by atoms with Gasteiger partial charge in [0.1, 0.15) is 11.5 Å². The molecule has 4 aromatic heterocycles. The van der Waals surface area contributed by atoms with Gasteiger partial charge in [0.25, 0.3) is 0 Å². The van der Waals surface area contributed by atoms with Gasteiger partial charge in [-0.05, 0) is 32.0 Å². The Morgan fingerprint density at radius 2 is 1.91 bits per heavy atom. The Labute approximate surface area is 184 Å². The molecule has 1 aliphatic heterocycles. The van der Waals surface area contributed by atoms with Crippen molar-refractivity contribution in [3.05, 3.63) is 54.4 Å². The zero-order valence-corrected chi connectivity index (χ0v) is 17.4. The van der Waals surface area contributed by atoms with E-state index in [1.54, 1.807) is 31.0 Å². The summed E-state index contributed by atoms with van der Waals surface area (Å²) in [6, 6.07) is 3.83. The molecule has 10 heteroatoms. The summed E-state index contributed by atoms with van der Waals surface area (Å²) in [7, 11) is 0. The van der Waals surface area contributed by atoms with Gasteiger partial charge in [0.05, 0.1) is 29.3 Å². The third kappa shape index (κ3) is 3.49. The molecule has 5 heterocycles. The fraction of sp³-hybridized carbons (Fsp3) is 0.273. The predicted octanol–water partition coefficient (Wildman–Crippen LogP) is 1.74. The summed E-state index contributed by atoms with van der Waals surface area (Å²) in [5.74, 6) is 0.446. The summed E-state index contributed by atoms with van der Waals surface area (Å²) in [6.07, 6.45) is 10.9. The van der Waals surface area contributed by atoms with Gasteiger partial charge in [0, 0.05) is 42.3 Å². The number of pyridine rings is 1. The zero-order valence-electron chi connectivity index (χ0n) is 17.4. The second-order valence-electron chi connectivity index (χ2n) is 7.81. The van der Waals surface area contributed by atoms with E-state index in [2.05, 4.69) is 25.0 Å². The van der Waals surface area contributed by atoms with Crippen molar-refractivity contribution >= 4 is 17.8 Å². The van der Waals surface area contributed by atoms with Gasteiger partial charge in [-0.2, -0.15) is 9.61 Å². The van der Waals surface area contributed by atoms with Crippen LogP contribution in [0, 0.1) is 0 Å². The van der Waals surface area contributed by atoms with Crippen molar-refractivity contribution in [2.45, 2.75) is 18.8 Å². The quantitative estimate of drug-likeness (QED) is 0.454. The number of rotatable bonds is 5. The second kappa shape index (κ2) is 8.40. The molecule has 0 spiro atoms. The van der Waals surface area contributed by atoms with Gasteiger partial charge in [-0.3, -0.25) is 24.6 Å². The van der Waals surface area contributed by atoms with Gasteiger partial charge in [-0.25, -0.2) is 4.98 Å². The van der Waals surface area contributed by atoms with Crippen LogP contribution in [0.5, 0.6) is 0 Å². The Bertz CT molecular complexity index is 1250. The molecular formula is C22H23N9O. The van der Waals surface area contributed by atoms with Crippen LogP contribution >= 0.6 is 0 Å². The highest BCUT2D eigenvalue weighted by atomic mass is 16.1. The molecule has 4 aromatic rings. The molecule has 1 fully saturated rings. The molecule has 0 bridgehead atoms. The molecule has 4 N–H and O–H groups in total. The highest BCUT2D eigenvalue weighted by molar-refractivity contribution is 5.87. The minimum Gasteiger partial charge on any atom is -0.383 e. The van der Waals surface area contributed by atoms with Crippen LogP contribution in [0.1, 0.15) is 34.8 Å². The van der Waals surface area contributed by atoms with Gasteiger partial charge < -0.3 is 11.5 Å². The minimum absolute atomic E-state index is 0.144. The molecule has 0 radical (unpaired) electrons. The lowest BCUT2D eigenvalue weighted by Gasteiger charge is -2.31. The van der Waals surface area contributed by atoms with E-state index in [0.29, 0.717) is 29.4 Å². The van der Waals surface area contributed by atoms with Crippen LogP contribution in [-0.4, -0.2) is 60.5 Å². The normalized spacial score (nSPS) is 15.3. The SMILES string of the molecule is NCN1CCC(c2nc3c(-c4ccc(-c5cnccn5)nc4)cnn3c(N)c2C=O)CC1. The van der Waals surface area contributed by atoms with Crippen molar-refractivity contribution in [1.29, 1.82) is 0 Å². The van der Waals surface area contributed by atoms with Gasteiger partial charge >= 0.3 is 0 Å². The minimum atomic E-state index is 0.144. The van der Waals surface area contributed by atoms with Crippen LogP contribution in [0.4, 0.5) is 5.82 Å². The second-order valence-corrected chi connectivity index (χ2v) is 7.81. The van der Waals surface area contributed by atoms with Crippen molar-refractivity contribution < 1.29 is 4.79 Å². The number of nitrogens with two attached hydrogens (primary N) is 2. The molecule has 1 aliphatic rings. The molecule has 32 heavy (non-hydrogen) atoms. The monoisotopic (exact) mass is 429 g/mol. The maximum atomic E-state index is 11.9. The first-order valence-electron chi connectivity index (χ1n) is 10.5. The first-order chi connectivity index (χ1) is 15.7. The summed E-state index contributed by atoms with van der Waals surface area (Å²) in [6.45, 7) is 2.27. The Balaban J connectivity index is 1.55. The van der Waals surface area contributed by atoms with E-state index in [0.717, 1.165) is 54.7 Å². The molecule has 5 rings (SSSR count). The Kier molecular flexibility index (Phi) is 5.29. The first-order valence-corrected chi connectivity index (χ1v) is 10.5.